The van der Waals surface area contributed by atoms with E-state index in [9.17, 15) is 39.9 Å². The summed E-state index contributed by atoms with van der Waals surface area (Å²) < 4.78 is 26.7. The quantitative estimate of drug-likeness (QED) is 0.134. The molecular weight excluding hydrogens is 532 g/mol. The summed E-state index contributed by atoms with van der Waals surface area (Å²) >= 11 is 0. The predicted molar refractivity (Wildman–Crippen MR) is 134 cm³/mol. The SMILES string of the molecule is COC(=O)[C@]12C[C@@H](OC(=O)C=Cc3ccc(O)c(O)c3)[C@@H](O)[C@H](O1)[C@H](COC(=O)C=Cc1ccc(O)c(O)c1)O2. The zero-order valence-corrected chi connectivity index (χ0v) is 21.0. The van der Waals surface area contributed by atoms with E-state index in [0.717, 1.165) is 19.3 Å². The molecular formula is C27H26O13. The van der Waals surface area contributed by atoms with Crippen LogP contribution in [0.5, 0.6) is 23.0 Å². The maximum atomic E-state index is 12.5. The molecule has 13 nitrogen and oxygen atoms in total. The van der Waals surface area contributed by atoms with E-state index in [4.69, 9.17) is 23.7 Å². The number of hydrogen-bond acceptors (Lipinski definition) is 13. The van der Waals surface area contributed by atoms with Crippen LogP contribution in [-0.4, -0.2) is 87.4 Å². The van der Waals surface area contributed by atoms with E-state index in [1.165, 1.54) is 48.6 Å². The molecule has 2 fully saturated rings. The van der Waals surface area contributed by atoms with Crippen LogP contribution in [0.15, 0.2) is 48.6 Å². The van der Waals surface area contributed by atoms with Crippen molar-refractivity contribution in [3.63, 3.8) is 0 Å². The minimum Gasteiger partial charge on any atom is -0.504 e. The van der Waals surface area contributed by atoms with Crippen molar-refractivity contribution in [2.45, 2.75) is 36.6 Å². The van der Waals surface area contributed by atoms with E-state index in [1.54, 1.807) is 0 Å². The van der Waals surface area contributed by atoms with E-state index >= 15 is 0 Å². The van der Waals surface area contributed by atoms with Gasteiger partial charge in [0.15, 0.2) is 23.0 Å². The molecule has 2 bridgehead atoms. The molecule has 0 spiro atoms. The summed E-state index contributed by atoms with van der Waals surface area (Å²) in [6.45, 7) is -0.435. The number of fused-ring (bicyclic) bond motifs is 2. The van der Waals surface area contributed by atoms with Crippen LogP contribution in [0.25, 0.3) is 12.2 Å². The van der Waals surface area contributed by atoms with Crippen molar-refractivity contribution in [3.8, 4) is 23.0 Å². The molecule has 13 heteroatoms. The van der Waals surface area contributed by atoms with Gasteiger partial charge in [-0.05, 0) is 47.5 Å². The van der Waals surface area contributed by atoms with Gasteiger partial charge in [-0.1, -0.05) is 12.1 Å². The Kier molecular flexibility index (Phi) is 8.28. The molecule has 2 saturated heterocycles. The lowest BCUT2D eigenvalue weighted by Gasteiger charge is -2.36. The first-order chi connectivity index (χ1) is 19.0. The van der Waals surface area contributed by atoms with Crippen LogP contribution in [0.3, 0.4) is 0 Å². The highest BCUT2D eigenvalue weighted by Gasteiger charge is 2.63. The number of phenolic OH excluding ortho intramolecular Hbond substituents is 4. The Morgan fingerprint density at radius 2 is 1.48 bits per heavy atom. The normalized spacial score (nSPS) is 25.6. The van der Waals surface area contributed by atoms with Gasteiger partial charge >= 0.3 is 17.9 Å². The van der Waals surface area contributed by atoms with Gasteiger partial charge in [-0.3, -0.25) is 0 Å². The Bertz CT molecular complexity index is 1350. The summed E-state index contributed by atoms with van der Waals surface area (Å²) in [4.78, 5) is 37.2. The number of phenols is 4. The Labute approximate surface area is 227 Å². The molecule has 0 saturated carbocycles. The summed E-state index contributed by atoms with van der Waals surface area (Å²) in [6, 6.07) is 7.83. The summed E-state index contributed by atoms with van der Waals surface area (Å²) in [5, 5.41) is 48.7. The third-order valence-electron chi connectivity index (χ3n) is 6.20. The van der Waals surface area contributed by atoms with Gasteiger partial charge in [-0.2, -0.15) is 0 Å². The zero-order valence-electron chi connectivity index (χ0n) is 21.0. The van der Waals surface area contributed by atoms with Gasteiger partial charge in [0.1, 0.15) is 31.0 Å². The van der Waals surface area contributed by atoms with Gasteiger partial charge in [0.2, 0.25) is 0 Å². The van der Waals surface area contributed by atoms with Crippen molar-refractivity contribution in [1.82, 2.24) is 0 Å². The molecule has 5 N–H and O–H groups in total. The molecule has 5 atom stereocenters. The molecule has 0 aromatic heterocycles. The van der Waals surface area contributed by atoms with E-state index in [1.807, 2.05) is 0 Å². The van der Waals surface area contributed by atoms with Gasteiger partial charge in [0.25, 0.3) is 5.79 Å². The van der Waals surface area contributed by atoms with Crippen LogP contribution >= 0.6 is 0 Å². The number of carbonyl (C=O) groups excluding carboxylic acids is 3. The Hall–Kier alpha value is -4.59. The van der Waals surface area contributed by atoms with Crippen molar-refractivity contribution in [2.24, 2.45) is 0 Å². The lowest BCUT2D eigenvalue weighted by molar-refractivity contribution is -0.249. The maximum absolute atomic E-state index is 12.5. The molecule has 0 aliphatic carbocycles. The lowest BCUT2D eigenvalue weighted by atomic mass is 9.95. The first-order valence-corrected chi connectivity index (χ1v) is 11.9. The number of esters is 3. The fourth-order valence-electron chi connectivity index (χ4n) is 4.21. The monoisotopic (exact) mass is 558 g/mol. The number of methoxy groups -OCH3 is 1. The number of ether oxygens (including phenoxy) is 5. The third-order valence-corrected chi connectivity index (χ3v) is 6.20. The number of aliphatic hydroxyl groups excluding tert-OH is 1. The number of rotatable bonds is 8. The van der Waals surface area contributed by atoms with Gasteiger partial charge in [0, 0.05) is 12.2 Å². The number of hydrogen-bond donors (Lipinski definition) is 5. The molecule has 4 rings (SSSR count). The predicted octanol–water partition coefficient (Wildman–Crippen LogP) is 1.11. The second-order valence-electron chi connectivity index (χ2n) is 8.95. The fourth-order valence-corrected chi connectivity index (χ4v) is 4.21. The minimum atomic E-state index is -2.02. The van der Waals surface area contributed by atoms with E-state index in [-0.39, 0.29) is 23.0 Å². The first-order valence-electron chi connectivity index (χ1n) is 11.9. The van der Waals surface area contributed by atoms with Gasteiger partial charge in [-0.15, -0.1) is 0 Å². The first kappa shape index (κ1) is 28.4. The Morgan fingerprint density at radius 3 is 2.02 bits per heavy atom. The van der Waals surface area contributed by atoms with Crippen LogP contribution in [0.1, 0.15) is 17.5 Å². The smallest absolute Gasteiger partial charge is 0.366 e. The maximum Gasteiger partial charge on any atom is 0.366 e. The standard InChI is InChI=1S/C27H26O13/c1-36-26(35)27-12-20(38-23(33)9-5-15-3-7-17(29)19(31)11-15)24(34)25(40-27)21(39-27)13-37-22(32)8-4-14-2-6-16(28)18(30)10-14/h2-11,20-21,24-25,28-31,34H,12-13H2,1H3/t20-,21+,24-,25-,27+/m1/s1. The van der Waals surface area contributed by atoms with E-state index < -0.39 is 61.1 Å². The Morgan fingerprint density at radius 1 is 0.900 bits per heavy atom. The van der Waals surface area contributed by atoms with Crippen LogP contribution in [-0.2, 0) is 38.1 Å². The van der Waals surface area contributed by atoms with Crippen molar-refractivity contribution in [2.75, 3.05) is 13.7 Å². The summed E-state index contributed by atoms with van der Waals surface area (Å²) in [5.41, 5.74) is 0.789. The molecule has 0 unspecified atom stereocenters. The van der Waals surface area contributed by atoms with Gasteiger partial charge in [-0.25, -0.2) is 14.4 Å². The molecule has 2 heterocycles. The molecule has 2 aliphatic rings. The van der Waals surface area contributed by atoms with Crippen LogP contribution in [0.4, 0.5) is 0 Å². The van der Waals surface area contributed by atoms with E-state index in [0.29, 0.717) is 11.1 Å². The van der Waals surface area contributed by atoms with Crippen LogP contribution in [0, 0.1) is 0 Å². The summed E-state index contributed by atoms with van der Waals surface area (Å²) in [6.07, 6.45) is -0.751. The fraction of sp³-hybridized carbons (Fsp3) is 0.296. The second-order valence-corrected chi connectivity index (χ2v) is 8.95. The highest BCUT2D eigenvalue weighted by molar-refractivity contribution is 5.88. The third kappa shape index (κ3) is 6.17. The molecule has 2 aromatic carbocycles. The lowest BCUT2D eigenvalue weighted by Crippen LogP contribution is -2.55. The second kappa shape index (κ2) is 11.7. The minimum absolute atomic E-state index is 0.319. The van der Waals surface area contributed by atoms with Gasteiger partial charge < -0.3 is 49.2 Å². The van der Waals surface area contributed by atoms with E-state index in [2.05, 4.69) is 0 Å². The molecule has 40 heavy (non-hydrogen) atoms. The zero-order chi connectivity index (χ0) is 29.0. The highest BCUT2D eigenvalue weighted by Crippen LogP contribution is 2.42. The number of aromatic hydroxyl groups is 4. The van der Waals surface area contributed by atoms with Gasteiger partial charge in [0.05, 0.1) is 13.5 Å². The number of aliphatic hydroxyl groups is 1. The summed E-state index contributed by atoms with van der Waals surface area (Å²) in [5.74, 6) is -6.06. The number of benzene rings is 2. The highest BCUT2D eigenvalue weighted by atomic mass is 16.8. The largest absolute Gasteiger partial charge is 0.504 e. The Balaban J connectivity index is 1.41. The molecule has 0 radical (unpaired) electrons. The molecule has 2 aliphatic heterocycles. The molecule has 212 valence electrons. The topological polar surface area (TPSA) is 199 Å². The average Bonchev–Trinajstić information content (AvgIpc) is 3.26. The van der Waals surface area contributed by atoms with Crippen LogP contribution in [0.2, 0.25) is 0 Å². The molecule has 0 amide bonds. The average molecular weight is 558 g/mol. The van der Waals surface area contributed by atoms with Crippen molar-refractivity contribution >= 4 is 30.1 Å². The number of carbonyl (C=O) groups is 3. The van der Waals surface area contributed by atoms with Crippen molar-refractivity contribution in [3.05, 3.63) is 59.7 Å². The molecule has 2 aromatic rings. The van der Waals surface area contributed by atoms with Crippen LogP contribution < -0.4 is 0 Å². The van der Waals surface area contributed by atoms with Crippen molar-refractivity contribution < 1.29 is 63.6 Å². The summed E-state index contributed by atoms with van der Waals surface area (Å²) in [7, 11) is 1.10. The van der Waals surface area contributed by atoms with Crippen molar-refractivity contribution in [1.29, 1.82) is 0 Å².